The van der Waals surface area contributed by atoms with Crippen LogP contribution in [-0.2, 0) is 6.42 Å². The van der Waals surface area contributed by atoms with Gasteiger partial charge in [0.1, 0.15) is 11.6 Å². The van der Waals surface area contributed by atoms with Crippen molar-refractivity contribution in [2.24, 2.45) is 23.7 Å². The summed E-state index contributed by atoms with van der Waals surface area (Å²) in [6.07, 6.45) is 21.8. The molecule has 0 amide bonds. The van der Waals surface area contributed by atoms with Crippen molar-refractivity contribution in [1.82, 2.24) is 0 Å². The van der Waals surface area contributed by atoms with Crippen LogP contribution in [0.2, 0.25) is 0 Å². The van der Waals surface area contributed by atoms with Crippen LogP contribution in [0.15, 0.2) is 18.2 Å². The molecule has 0 nitrogen and oxygen atoms in total. The lowest BCUT2D eigenvalue weighted by atomic mass is 9.76. The Labute approximate surface area is 177 Å². The zero-order valence-corrected chi connectivity index (χ0v) is 18.6. The summed E-state index contributed by atoms with van der Waals surface area (Å²) in [4.78, 5) is 0. The van der Waals surface area contributed by atoms with Gasteiger partial charge in [0.2, 0.25) is 0 Å². The van der Waals surface area contributed by atoms with E-state index in [1.54, 1.807) is 0 Å². The molecule has 0 atom stereocenters. The summed E-state index contributed by atoms with van der Waals surface area (Å²) >= 11 is 0. The number of rotatable bonds is 10. The molecule has 2 aliphatic rings. The van der Waals surface area contributed by atoms with E-state index in [0.29, 0.717) is 0 Å². The van der Waals surface area contributed by atoms with E-state index >= 15 is 0 Å². The largest absolute Gasteiger partial charge is 0.207 e. The van der Waals surface area contributed by atoms with Crippen molar-refractivity contribution >= 4 is 0 Å². The first-order valence-corrected chi connectivity index (χ1v) is 12.6. The van der Waals surface area contributed by atoms with Crippen LogP contribution in [0.5, 0.6) is 0 Å². The summed E-state index contributed by atoms with van der Waals surface area (Å²) < 4.78 is 26.6. The SMILES string of the molecule is CCCC1CCC(CCCCC2CCC(CCc3cc(F)cc(F)c3)CC2)CC1. The van der Waals surface area contributed by atoms with Gasteiger partial charge in [-0.05, 0) is 54.2 Å². The van der Waals surface area contributed by atoms with Gasteiger partial charge < -0.3 is 0 Å². The molecule has 164 valence electrons. The fraction of sp³-hybridized carbons (Fsp3) is 0.778. The van der Waals surface area contributed by atoms with Crippen molar-refractivity contribution in [2.75, 3.05) is 0 Å². The van der Waals surface area contributed by atoms with Crippen molar-refractivity contribution in [3.8, 4) is 0 Å². The summed E-state index contributed by atoms with van der Waals surface area (Å²) in [5, 5.41) is 0. The van der Waals surface area contributed by atoms with Crippen LogP contribution in [0.3, 0.4) is 0 Å². The molecule has 3 rings (SSSR count). The molecule has 29 heavy (non-hydrogen) atoms. The zero-order chi connectivity index (χ0) is 20.5. The number of benzene rings is 1. The van der Waals surface area contributed by atoms with E-state index in [9.17, 15) is 8.78 Å². The number of hydrogen-bond donors (Lipinski definition) is 0. The lowest BCUT2D eigenvalue weighted by Gasteiger charge is -2.30. The second-order valence-corrected chi connectivity index (χ2v) is 10.2. The van der Waals surface area contributed by atoms with Crippen LogP contribution in [-0.4, -0.2) is 0 Å². The van der Waals surface area contributed by atoms with Crippen molar-refractivity contribution in [3.05, 3.63) is 35.4 Å². The Morgan fingerprint density at radius 3 is 1.48 bits per heavy atom. The van der Waals surface area contributed by atoms with Gasteiger partial charge >= 0.3 is 0 Å². The minimum Gasteiger partial charge on any atom is -0.207 e. The number of halogens is 2. The van der Waals surface area contributed by atoms with E-state index in [2.05, 4.69) is 6.92 Å². The summed E-state index contributed by atoms with van der Waals surface area (Å²) in [7, 11) is 0. The summed E-state index contributed by atoms with van der Waals surface area (Å²) in [5.74, 6) is 2.84. The van der Waals surface area contributed by atoms with E-state index in [0.717, 1.165) is 48.1 Å². The van der Waals surface area contributed by atoms with Crippen LogP contribution < -0.4 is 0 Å². The molecule has 0 radical (unpaired) electrons. The highest BCUT2D eigenvalue weighted by molar-refractivity contribution is 5.18. The fourth-order valence-corrected chi connectivity index (χ4v) is 6.02. The Kier molecular flexibility index (Phi) is 9.46. The minimum atomic E-state index is -0.447. The van der Waals surface area contributed by atoms with E-state index in [1.165, 1.54) is 102 Å². The van der Waals surface area contributed by atoms with E-state index in [1.807, 2.05) is 0 Å². The van der Waals surface area contributed by atoms with Gasteiger partial charge in [-0.3, -0.25) is 0 Å². The highest BCUT2D eigenvalue weighted by atomic mass is 19.1. The van der Waals surface area contributed by atoms with Gasteiger partial charge in [0.05, 0.1) is 0 Å². The van der Waals surface area contributed by atoms with Crippen LogP contribution in [0.25, 0.3) is 0 Å². The molecule has 0 aromatic heterocycles. The first kappa shape index (κ1) is 22.8. The number of aryl methyl sites for hydroxylation is 1. The third-order valence-electron chi connectivity index (χ3n) is 7.87. The van der Waals surface area contributed by atoms with Gasteiger partial charge in [0, 0.05) is 6.07 Å². The molecule has 0 N–H and O–H groups in total. The van der Waals surface area contributed by atoms with Gasteiger partial charge in [-0.25, -0.2) is 8.78 Å². The first-order valence-electron chi connectivity index (χ1n) is 12.6. The van der Waals surface area contributed by atoms with Gasteiger partial charge in [-0.1, -0.05) is 96.8 Å². The zero-order valence-electron chi connectivity index (χ0n) is 18.6. The Morgan fingerprint density at radius 1 is 0.621 bits per heavy atom. The molecule has 0 saturated heterocycles. The standard InChI is InChI=1S/C27H42F2/c1-2-5-21-8-10-22(11-9-21)6-3-4-7-23-12-14-24(15-13-23)16-17-25-18-26(28)20-27(29)19-25/h18-24H,2-17H2,1H3. The number of unbranched alkanes of at least 4 members (excludes halogenated alkanes) is 1. The lowest BCUT2D eigenvalue weighted by Crippen LogP contribution is -2.16. The molecular weight excluding hydrogens is 362 g/mol. The topological polar surface area (TPSA) is 0 Å². The lowest BCUT2D eigenvalue weighted by molar-refractivity contribution is 0.233. The molecule has 2 saturated carbocycles. The summed E-state index contributed by atoms with van der Waals surface area (Å²) in [6, 6.07) is 3.95. The molecule has 1 aromatic rings. The van der Waals surface area contributed by atoms with Gasteiger partial charge in [-0.15, -0.1) is 0 Å². The van der Waals surface area contributed by atoms with Gasteiger partial charge in [0.15, 0.2) is 0 Å². The average Bonchev–Trinajstić information content (AvgIpc) is 2.71. The number of hydrogen-bond acceptors (Lipinski definition) is 0. The Hall–Kier alpha value is -0.920. The van der Waals surface area contributed by atoms with Crippen LogP contribution >= 0.6 is 0 Å². The second kappa shape index (κ2) is 12.1. The third-order valence-corrected chi connectivity index (χ3v) is 7.87. The second-order valence-electron chi connectivity index (χ2n) is 10.2. The smallest absolute Gasteiger partial charge is 0.126 e. The van der Waals surface area contributed by atoms with E-state index < -0.39 is 11.6 Å². The molecule has 0 unspecified atom stereocenters. The van der Waals surface area contributed by atoms with E-state index in [-0.39, 0.29) is 0 Å². The molecule has 0 bridgehead atoms. The molecule has 0 aliphatic heterocycles. The Morgan fingerprint density at radius 2 is 1.03 bits per heavy atom. The normalized spacial score (nSPS) is 27.8. The van der Waals surface area contributed by atoms with Crippen molar-refractivity contribution < 1.29 is 8.78 Å². The van der Waals surface area contributed by atoms with Crippen LogP contribution in [0, 0.1) is 35.3 Å². The minimum absolute atomic E-state index is 0.447. The molecule has 0 heterocycles. The summed E-state index contributed by atoms with van der Waals surface area (Å²) in [5.41, 5.74) is 0.813. The fourth-order valence-electron chi connectivity index (χ4n) is 6.02. The maximum Gasteiger partial charge on any atom is 0.126 e. The molecule has 2 heteroatoms. The van der Waals surface area contributed by atoms with Crippen molar-refractivity contribution in [2.45, 2.75) is 110 Å². The predicted molar refractivity (Wildman–Crippen MR) is 119 cm³/mol. The van der Waals surface area contributed by atoms with Crippen LogP contribution in [0.1, 0.15) is 109 Å². The Bertz CT molecular complexity index is 560. The Balaban J connectivity index is 1.23. The highest BCUT2D eigenvalue weighted by Crippen LogP contribution is 2.36. The highest BCUT2D eigenvalue weighted by Gasteiger charge is 2.22. The van der Waals surface area contributed by atoms with Crippen molar-refractivity contribution in [1.29, 1.82) is 0 Å². The maximum atomic E-state index is 13.3. The van der Waals surface area contributed by atoms with Crippen molar-refractivity contribution in [3.63, 3.8) is 0 Å². The quantitative estimate of drug-likeness (QED) is 0.342. The van der Waals surface area contributed by atoms with E-state index in [4.69, 9.17) is 0 Å². The molecular formula is C27H42F2. The summed E-state index contributed by atoms with van der Waals surface area (Å²) in [6.45, 7) is 2.32. The predicted octanol–water partition coefficient (Wildman–Crippen LogP) is 8.87. The van der Waals surface area contributed by atoms with Crippen LogP contribution in [0.4, 0.5) is 8.78 Å². The maximum absolute atomic E-state index is 13.3. The molecule has 2 aliphatic carbocycles. The van der Waals surface area contributed by atoms with Gasteiger partial charge in [0.25, 0.3) is 0 Å². The first-order chi connectivity index (χ1) is 14.1. The third kappa shape index (κ3) is 8.02. The molecule has 1 aromatic carbocycles. The monoisotopic (exact) mass is 404 g/mol. The van der Waals surface area contributed by atoms with Gasteiger partial charge in [-0.2, -0.15) is 0 Å². The molecule has 2 fully saturated rings. The molecule has 0 spiro atoms. The average molecular weight is 405 g/mol.